The van der Waals surface area contributed by atoms with E-state index in [4.69, 9.17) is 0 Å². The van der Waals surface area contributed by atoms with Crippen LogP contribution < -0.4 is 9.80 Å². The van der Waals surface area contributed by atoms with E-state index in [1.807, 2.05) is 25.1 Å². The summed E-state index contributed by atoms with van der Waals surface area (Å²) in [6, 6.07) is 19.0. The van der Waals surface area contributed by atoms with Gasteiger partial charge in [-0.1, -0.05) is 42.8 Å². The number of hydrogen-bond donors (Lipinski definition) is 0. The molecule has 0 radical (unpaired) electrons. The predicted molar refractivity (Wildman–Crippen MR) is 150 cm³/mol. The molecular weight excluding hydrogens is 458 g/mol. The van der Waals surface area contributed by atoms with E-state index in [0.717, 1.165) is 35.2 Å². The second kappa shape index (κ2) is 10.7. The van der Waals surface area contributed by atoms with Gasteiger partial charge >= 0.3 is 0 Å². The maximum atomic E-state index is 13.9. The van der Waals surface area contributed by atoms with E-state index in [1.165, 1.54) is 37.1 Å². The lowest BCUT2D eigenvalue weighted by atomic mass is 9.87. The number of allylic oxidation sites excluding steroid dienone is 1. The zero-order valence-electron chi connectivity index (χ0n) is 21.9. The second-order valence-corrected chi connectivity index (χ2v) is 10.8. The van der Waals surface area contributed by atoms with Crippen LogP contribution in [0.3, 0.4) is 0 Å². The molecule has 37 heavy (non-hydrogen) atoms. The molecule has 5 heteroatoms. The van der Waals surface area contributed by atoms with Crippen molar-refractivity contribution >= 4 is 29.1 Å². The van der Waals surface area contributed by atoms with E-state index in [2.05, 4.69) is 58.4 Å². The molecule has 0 unspecified atom stereocenters. The van der Waals surface area contributed by atoms with Crippen molar-refractivity contribution in [1.82, 2.24) is 4.98 Å². The van der Waals surface area contributed by atoms with E-state index in [0.29, 0.717) is 18.4 Å². The van der Waals surface area contributed by atoms with E-state index in [1.54, 1.807) is 18.5 Å². The smallest absolute Gasteiger partial charge is 0.230 e. The zero-order valence-corrected chi connectivity index (χ0v) is 21.9. The summed E-state index contributed by atoms with van der Waals surface area (Å²) >= 11 is 0. The number of aromatic nitrogens is 1. The number of ketones is 1. The third kappa shape index (κ3) is 5.66. The number of anilines is 2. The Morgan fingerprint density at radius 3 is 2.22 bits per heavy atom. The van der Waals surface area contributed by atoms with Crippen LogP contribution in [0.2, 0.25) is 0 Å². The Kier molecular flexibility index (Phi) is 7.22. The van der Waals surface area contributed by atoms with Gasteiger partial charge in [0.1, 0.15) is 0 Å². The molecule has 3 aromatic rings. The summed E-state index contributed by atoms with van der Waals surface area (Å²) in [6.07, 6.45) is 11.4. The summed E-state index contributed by atoms with van der Waals surface area (Å²) < 4.78 is 0. The molecule has 1 aromatic heterocycles. The number of carbonyl (C=O) groups excluding carboxylic acids is 2. The summed E-state index contributed by atoms with van der Waals surface area (Å²) in [5, 5.41) is 0. The molecule has 2 saturated carbocycles. The lowest BCUT2D eigenvalue weighted by Crippen LogP contribution is -2.38. The Morgan fingerprint density at radius 2 is 1.62 bits per heavy atom. The first-order valence-corrected chi connectivity index (χ1v) is 13.2. The van der Waals surface area contributed by atoms with Gasteiger partial charge in [-0.3, -0.25) is 14.6 Å². The van der Waals surface area contributed by atoms with Gasteiger partial charge in [0, 0.05) is 31.9 Å². The minimum Gasteiger partial charge on any atom is -0.378 e. The Morgan fingerprint density at radius 1 is 0.919 bits per heavy atom. The first-order chi connectivity index (χ1) is 17.9. The molecule has 2 bridgehead atoms. The highest BCUT2D eigenvalue weighted by molar-refractivity contribution is 5.96. The number of benzene rings is 2. The Labute approximate surface area is 219 Å². The quantitative estimate of drug-likeness (QED) is 0.341. The molecule has 190 valence electrons. The first kappa shape index (κ1) is 24.9. The molecule has 1 amide bonds. The van der Waals surface area contributed by atoms with Gasteiger partial charge in [0.25, 0.3) is 0 Å². The molecule has 3 atom stereocenters. The highest BCUT2D eigenvalue weighted by Crippen LogP contribution is 2.49. The number of nitrogens with zero attached hydrogens (tertiary/aromatic N) is 3. The van der Waals surface area contributed by atoms with Crippen LogP contribution in [0.25, 0.3) is 17.2 Å². The van der Waals surface area contributed by atoms with E-state index < -0.39 is 0 Å². The van der Waals surface area contributed by atoms with E-state index >= 15 is 0 Å². The van der Waals surface area contributed by atoms with Crippen molar-refractivity contribution in [2.24, 2.45) is 17.8 Å². The summed E-state index contributed by atoms with van der Waals surface area (Å²) in [6.45, 7) is 2.02. The van der Waals surface area contributed by atoms with Crippen LogP contribution in [0.15, 0.2) is 73.1 Å². The number of amides is 1. The molecule has 1 heterocycles. The van der Waals surface area contributed by atoms with Crippen LogP contribution in [0.5, 0.6) is 0 Å². The maximum Gasteiger partial charge on any atom is 0.230 e. The lowest BCUT2D eigenvalue weighted by molar-refractivity contribution is -0.124. The summed E-state index contributed by atoms with van der Waals surface area (Å²) in [4.78, 5) is 33.7. The molecule has 0 spiro atoms. The molecule has 2 fully saturated rings. The third-order valence-corrected chi connectivity index (χ3v) is 7.90. The average molecular weight is 494 g/mol. The maximum absolute atomic E-state index is 13.9. The summed E-state index contributed by atoms with van der Waals surface area (Å²) in [5.41, 5.74) is 6.16. The third-order valence-electron chi connectivity index (χ3n) is 7.90. The average Bonchev–Trinajstić information content (AvgIpc) is 3.55. The fourth-order valence-electron chi connectivity index (χ4n) is 5.88. The van der Waals surface area contributed by atoms with Crippen molar-refractivity contribution in [2.75, 3.05) is 23.9 Å². The van der Waals surface area contributed by atoms with Crippen LogP contribution in [-0.2, 0) is 16.1 Å². The van der Waals surface area contributed by atoms with Gasteiger partial charge in [0.15, 0.2) is 5.78 Å². The molecule has 5 nitrogen and oxygen atoms in total. The number of fused-ring (bicyclic) bond motifs is 2. The van der Waals surface area contributed by atoms with Crippen LogP contribution in [-0.4, -0.2) is 30.8 Å². The lowest BCUT2D eigenvalue weighted by Gasteiger charge is -2.30. The monoisotopic (exact) mass is 493 g/mol. The standard InChI is InChI=1S/C32H35N3O2/c1-22(36)4-5-25-17-30(20-33-19-25)35(32(37)31-18-24-8-11-28(31)16-24)21-23-6-9-26(10-7-23)27-12-14-29(15-13-27)34(2)3/h4-7,9-10,12-15,17,19-20,24,28,31H,8,11,16,18,21H2,1-3H3/b5-4+/t24-,28+,31-/m1/s1. The summed E-state index contributed by atoms with van der Waals surface area (Å²) in [5.74, 6) is 1.47. The van der Waals surface area contributed by atoms with Gasteiger partial charge < -0.3 is 9.80 Å². The van der Waals surface area contributed by atoms with Gasteiger partial charge in [-0.25, -0.2) is 0 Å². The molecule has 2 aromatic carbocycles. The molecule has 0 aliphatic heterocycles. The van der Waals surface area contributed by atoms with Gasteiger partial charge in [0.2, 0.25) is 5.91 Å². The number of hydrogen-bond acceptors (Lipinski definition) is 4. The topological polar surface area (TPSA) is 53.5 Å². The minimum absolute atomic E-state index is 0.0169. The van der Waals surface area contributed by atoms with Gasteiger partial charge in [0.05, 0.1) is 18.4 Å². The van der Waals surface area contributed by atoms with Crippen molar-refractivity contribution in [2.45, 2.75) is 39.2 Å². The first-order valence-electron chi connectivity index (χ1n) is 13.2. The number of pyridine rings is 1. The van der Waals surface area contributed by atoms with Crippen LogP contribution in [0.4, 0.5) is 11.4 Å². The zero-order chi connectivity index (χ0) is 25.9. The Balaban J connectivity index is 1.40. The van der Waals surface area contributed by atoms with Crippen LogP contribution >= 0.6 is 0 Å². The molecule has 2 aliphatic carbocycles. The van der Waals surface area contributed by atoms with Crippen LogP contribution in [0, 0.1) is 17.8 Å². The van der Waals surface area contributed by atoms with Gasteiger partial charge in [-0.15, -0.1) is 0 Å². The highest BCUT2D eigenvalue weighted by Gasteiger charge is 2.44. The molecule has 0 saturated heterocycles. The van der Waals surface area contributed by atoms with Crippen molar-refractivity contribution in [3.8, 4) is 11.1 Å². The number of carbonyl (C=O) groups is 2. The fraction of sp³-hybridized carbons (Fsp3) is 0.344. The van der Waals surface area contributed by atoms with Gasteiger partial charge in [-0.2, -0.15) is 0 Å². The van der Waals surface area contributed by atoms with Crippen molar-refractivity contribution in [3.05, 3.63) is 84.2 Å². The predicted octanol–water partition coefficient (Wildman–Crippen LogP) is 6.39. The SMILES string of the molecule is CC(=O)/C=C/c1cncc(N(Cc2ccc(-c3ccc(N(C)C)cc3)cc2)C(=O)[C@@H]2C[C@@H]3CC[C@H]2C3)c1. The summed E-state index contributed by atoms with van der Waals surface area (Å²) in [7, 11) is 4.08. The molecule has 0 N–H and O–H groups in total. The van der Waals surface area contributed by atoms with Crippen molar-refractivity contribution in [3.63, 3.8) is 0 Å². The molecule has 2 aliphatic rings. The Bertz CT molecular complexity index is 1290. The second-order valence-electron chi connectivity index (χ2n) is 10.8. The Hall–Kier alpha value is -3.73. The largest absolute Gasteiger partial charge is 0.378 e. The van der Waals surface area contributed by atoms with Crippen molar-refractivity contribution in [1.29, 1.82) is 0 Å². The molecule has 5 rings (SSSR count). The van der Waals surface area contributed by atoms with Crippen molar-refractivity contribution < 1.29 is 9.59 Å². The molecular formula is C32H35N3O2. The normalized spacial score (nSPS) is 20.4. The highest BCUT2D eigenvalue weighted by atomic mass is 16.2. The van der Waals surface area contributed by atoms with E-state index in [-0.39, 0.29) is 17.6 Å². The minimum atomic E-state index is -0.0169. The fourth-order valence-corrected chi connectivity index (χ4v) is 5.88. The van der Waals surface area contributed by atoms with Gasteiger partial charge in [-0.05, 0) is 90.6 Å². The van der Waals surface area contributed by atoms with Crippen LogP contribution in [0.1, 0.15) is 43.7 Å². The van der Waals surface area contributed by atoms with E-state index in [9.17, 15) is 9.59 Å². The number of rotatable bonds is 8.